The van der Waals surface area contributed by atoms with Crippen molar-refractivity contribution < 1.29 is 4.79 Å². The molecular formula is C22H28O. The Morgan fingerprint density at radius 1 is 1.30 bits per heavy atom. The first-order valence-corrected chi connectivity index (χ1v) is 9.40. The first-order chi connectivity index (χ1) is 11.0. The van der Waals surface area contributed by atoms with Gasteiger partial charge in [0, 0.05) is 23.8 Å². The van der Waals surface area contributed by atoms with Crippen molar-refractivity contribution in [3.05, 3.63) is 22.8 Å². The van der Waals surface area contributed by atoms with Gasteiger partial charge >= 0.3 is 0 Å². The van der Waals surface area contributed by atoms with Crippen LogP contribution in [0.2, 0.25) is 0 Å². The van der Waals surface area contributed by atoms with Crippen LogP contribution < -0.4 is 0 Å². The van der Waals surface area contributed by atoms with Gasteiger partial charge in [0.25, 0.3) is 0 Å². The number of carbonyl (C=O) groups is 1. The van der Waals surface area contributed by atoms with Gasteiger partial charge in [-0.1, -0.05) is 37.0 Å². The molecule has 0 aromatic heterocycles. The van der Waals surface area contributed by atoms with Crippen LogP contribution in [0.1, 0.15) is 65.7 Å². The SMILES string of the molecule is CC#CC1=CCC2C3C(CC[C@]12C)C1=C(CC(=O)CC1)C[C@H]3C. The van der Waals surface area contributed by atoms with Crippen LogP contribution in [0.3, 0.4) is 0 Å². The topological polar surface area (TPSA) is 17.1 Å². The Labute approximate surface area is 140 Å². The van der Waals surface area contributed by atoms with E-state index in [0.717, 1.165) is 42.9 Å². The molecule has 122 valence electrons. The highest BCUT2D eigenvalue weighted by molar-refractivity contribution is 5.82. The third kappa shape index (κ3) is 2.18. The zero-order chi connectivity index (χ0) is 16.2. The fraction of sp³-hybridized carbons (Fsp3) is 0.682. The molecule has 0 radical (unpaired) electrons. The van der Waals surface area contributed by atoms with Gasteiger partial charge in [0.2, 0.25) is 0 Å². The summed E-state index contributed by atoms with van der Waals surface area (Å²) in [5, 5.41) is 0. The Balaban J connectivity index is 1.69. The van der Waals surface area contributed by atoms with Gasteiger partial charge in [0.15, 0.2) is 0 Å². The molecule has 4 rings (SSSR count). The maximum Gasteiger partial charge on any atom is 0.137 e. The highest BCUT2D eigenvalue weighted by atomic mass is 16.1. The third-order valence-corrected chi connectivity index (χ3v) is 7.38. The Hall–Kier alpha value is -1.29. The number of hydrogen-bond acceptors (Lipinski definition) is 1. The van der Waals surface area contributed by atoms with E-state index in [0.29, 0.717) is 11.2 Å². The predicted octanol–water partition coefficient (Wildman–Crippen LogP) is 5.08. The number of Topliss-reactive ketones (excluding diaryl/α,β-unsaturated/α-hetero) is 1. The highest BCUT2D eigenvalue weighted by Gasteiger charge is 2.53. The van der Waals surface area contributed by atoms with Crippen LogP contribution in [0.25, 0.3) is 0 Å². The lowest BCUT2D eigenvalue weighted by Gasteiger charge is -2.53. The summed E-state index contributed by atoms with van der Waals surface area (Å²) in [5.41, 5.74) is 4.94. The normalized spacial score (nSPS) is 42.2. The van der Waals surface area contributed by atoms with Gasteiger partial charge in [-0.25, -0.2) is 0 Å². The Bertz CT molecular complexity index is 668. The fourth-order valence-corrected chi connectivity index (χ4v) is 6.36. The van der Waals surface area contributed by atoms with Crippen LogP contribution in [0, 0.1) is 40.9 Å². The van der Waals surface area contributed by atoms with E-state index in [1.54, 1.807) is 5.57 Å². The standard InChI is InChI=1S/C22H28O/c1-4-5-16-6-9-20-21-14(2)12-15-13-17(23)7-8-18(15)19(21)10-11-22(16,20)3/h6,14,19-21H,7-13H2,1-3H3/t14-,19?,20?,21?,22-/m1/s1. The van der Waals surface area contributed by atoms with Crippen LogP contribution in [0.4, 0.5) is 0 Å². The Morgan fingerprint density at radius 2 is 2.13 bits per heavy atom. The summed E-state index contributed by atoms with van der Waals surface area (Å²) >= 11 is 0. The molecule has 0 aliphatic heterocycles. The number of fused-ring (bicyclic) bond motifs is 4. The number of hydrogen-bond donors (Lipinski definition) is 0. The molecule has 1 fully saturated rings. The smallest absolute Gasteiger partial charge is 0.137 e. The molecule has 5 atom stereocenters. The lowest BCUT2D eigenvalue weighted by molar-refractivity contribution is -0.119. The van der Waals surface area contributed by atoms with Crippen molar-refractivity contribution in [2.75, 3.05) is 0 Å². The molecule has 0 aromatic carbocycles. The van der Waals surface area contributed by atoms with Crippen LogP contribution in [-0.4, -0.2) is 5.78 Å². The van der Waals surface area contributed by atoms with E-state index in [-0.39, 0.29) is 0 Å². The molecule has 0 saturated heterocycles. The van der Waals surface area contributed by atoms with Crippen LogP contribution in [-0.2, 0) is 4.79 Å². The molecular weight excluding hydrogens is 280 g/mol. The molecule has 0 N–H and O–H groups in total. The molecule has 0 amide bonds. The minimum absolute atomic E-state index is 0.307. The summed E-state index contributed by atoms with van der Waals surface area (Å²) in [4.78, 5) is 11.9. The average Bonchev–Trinajstić information content (AvgIpc) is 2.84. The maximum atomic E-state index is 11.9. The summed E-state index contributed by atoms with van der Waals surface area (Å²) in [5.74, 6) is 10.1. The zero-order valence-corrected chi connectivity index (χ0v) is 14.7. The molecule has 4 aliphatic carbocycles. The van der Waals surface area contributed by atoms with Gasteiger partial charge < -0.3 is 0 Å². The molecule has 0 spiro atoms. The van der Waals surface area contributed by atoms with Gasteiger partial charge in [-0.05, 0) is 62.7 Å². The lowest BCUT2D eigenvalue weighted by atomic mass is 9.51. The second-order valence-electron chi connectivity index (χ2n) is 8.50. The minimum atomic E-state index is 0.307. The molecule has 1 nitrogen and oxygen atoms in total. The van der Waals surface area contributed by atoms with E-state index >= 15 is 0 Å². The van der Waals surface area contributed by atoms with Crippen LogP contribution >= 0.6 is 0 Å². The van der Waals surface area contributed by atoms with Gasteiger partial charge in [-0.3, -0.25) is 4.79 Å². The molecule has 0 heterocycles. The molecule has 0 aromatic rings. The molecule has 1 heteroatoms. The van der Waals surface area contributed by atoms with Gasteiger partial charge in [-0.15, -0.1) is 5.92 Å². The van der Waals surface area contributed by atoms with Crippen LogP contribution in [0.5, 0.6) is 0 Å². The number of rotatable bonds is 0. The first kappa shape index (κ1) is 15.3. The van der Waals surface area contributed by atoms with Crippen molar-refractivity contribution in [3.63, 3.8) is 0 Å². The Morgan fingerprint density at radius 3 is 2.91 bits per heavy atom. The van der Waals surface area contributed by atoms with E-state index in [9.17, 15) is 4.79 Å². The highest BCUT2D eigenvalue weighted by Crippen LogP contribution is 2.62. The summed E-state index contributed by atoms with van der Waals surface area (Å²) in [7, 11) is 0. The molecule has 23 heavy (non-hydrogen) atoms. The van der Waals surface area contributed by atoms with E-state index in [1.165, 1.54) is 36.8 Å². The molecule has 0 bridgehead atoms. The van der Waals surface area contributed by atoms with Crippen molar-refractivity contribution in [3.8, 4) is 11.8 Å². The van der Waals surface area contributed by atoms with E-state index in [2.05, 4.69) is 31.8 Å². The number of carbonyl (C=O) groups excluding carboxylic acids is 1. The monoisotopic (exact) mass is 308 g/mol. The van der Waals surface area contributed by atoms with Crippen LogP contribution in [0.15, 0.2) is 22.8 Å². The summed E-state index contributed by atoms with van der Waals surface area (Å²) < 4.78 is 0. The van der Waals surface area contributed by atoms with Crippen molar-refractivity contribution in [1.29, 1.82) is 0 Å². The van der Waals surface area contributed by atoms with E-state index in [1.807, 2.05) is 6.92 Å². The second kappa shape index (κ2) is 5.37. The van der Waals surface area contributed by atoms with Crippen molar-refractivity contribution >= 4 is 5.78 Å². The van der Waals surface area contributed by atoms with Gasteiger partial charge in [0.1, 0.15) is 5.78 Å². The lowest BCUT2D eigenvalue weighted by Crippen LogP contribution is -2.46. The molecule has 1 saturated carbocycles. The van der Waals surface area contributed by atoms with Crippen molar-refractivity contribution in [1.82, 2.24) is 0 Å². The number of ketones is 1. The van der Waals surface area contributed by atoms with Gasteiger partial charge in [-0.2, -0.15) is 0 Å². The zero-order valence-electron chi connectivity index (χ0n) is 14.7. The van der Waals surface area contributed by atoms with E-state index in [4.69, 9.17) is 0 Å². The largest absolute Gasteiger partial charge is 0.299 e. The molecule has 3 unspecified atom stereocenters. The van der Waals surface area contributed by atoms with E-state index < -0.39 is 0 Å². The second-order valence-corrected chi connectivity index (χ2v) is 8.50. The van der Waals surface area contributed by atoms with Crippen molar-refractivity contribution in [2.24, 2.45) is 29.1 Å². The first-order valence-electron chi connectivity index (χ1n) is 9.40. The minimum Gasteiger partial charge on any atom is -0.299 e. The predicted molar refractivity (Wildman–Crippen MR) is 93.6 cm³/mol. The van der Waals surface area contributed by atoms with Gasteiger partial charge in [0.05, 0.1) is 0 Å². The maximum absolute atomic E-state index is 11.9. The van der Waals surface area contributed by atoms with Crippen molar-refractivity contribution in [2.45, 2.75) is 65.7 Å². The Kier molecular flexibility index (Phi) is 3.56. The summed E-state index contributed by atoms with van der Waals surface area (Å²) in [6.07, 6.45) is 10.0. The molecule has 4 aliphatic rings. The summed E-state index contributed by atoms with van der Waals surface area (Å²) in [6, 6.07) is 0. The third-order valence-electron chi connectivity index (χ3n) is 7.38. The summed E-state index contributed by atoms with van der Waals surface area (Å²) in [6.45, 7) is 6.87. The number of allylic oxidation sites excluding steroid dienone is 4. The fourth-order valence-electron chi connectivity index (χ4n) is 6.36. The quantitative estimate of drug-likeness (QED) is 0.450. The average molecular weight is 308 g/mol.